The number of benzene rings is 2. The fraction of sp³-hybridized carbons (Fsp3) is 0.514. The van der Waals surface area contributed by atoms with Gasteiger partial charge in [0.2, 0.25) is 11.8 Å². The summed E-state index contributed by atoms with van der Waals surface area (Å²) in [6.45, 7) is 10.7. The van der Waals surface area contributed by atoms with Crippen molar-refractivity contribution in [3.63, 3.8) is 0 Å². The first kappa shape index (κ1) is 38.2. The number of aromatic nitrogens is 2. The summed E-state index contributed by atoms with van der Waals surface area (Å²) in [5, 5.41) is 5.51. The summed E-state index contributed by atoms with van der Waals surface area (Å²) in [6.07, 6.45) is 6.06. The summed E-state index contributed by atoms with van der Waals surface area (Å²) in [5.41, 5.74) is 7.99. The van der Waals surface area contributed by atoms with Crippen LogP contribution in [0.2, 0.25) is 0 Å². The molecule has 2 fully saturated rings. The Morgan fingerprint density at radius 1 is 1.22 bits per heavy atom. The van der Waals surface area contributed by atoms with Gasteiger partial charge in [0.25, 0.3) is 11.8 Å². The average Bonchev–Trinajstić information content (AvgIpc) is 3.67. The zero-order valence-corrected chi connectivity index (χ0v) is 30.1. The van der Waals surface area contributed by atoms with E-state index >= 15 is 0 Å². The number of aromatic amines is 1. The lowest BCUT2D eigenvalue weighted by Crippen LogP contribution is -2.53. The number of hydrogen-bond donors (Lipinski definition) is 4. The van der Waals surface area contributed by atoms with E-state index in [0.717, 1.165) is 43.6 Å². The number of aldehydes is 1. The van der Waals surface area contributed by atoms with E-state index in [0.29, 0.717) is 42.6 Å². The number of carbonyl (C=O) groups is 5. The number of nitrogens with two attached hydrogens (primary N) is 1. The predicted octanol–water partition coefficient (Wildman–Crippen LogP) is 4.38. The van der Waals surface area contributed by atoms with Gasteiger partial charge in [0.15, 0.2) is 6.29 Å². The molecule has 5 rings (SSSR count). The minimum absolute atomic E-state index is 0.0893. The van der Waals surface area contributed by atoms with Crippen LogP contribution in [0.25, 0.3) is 11.0 Å². The van der Waals surface area contributed by atoms with Gasteiger partial charge < -0.3 is 25.7 Å². The number of fused-ring (bicyclic) bond motifs is 1. The number of likely N-dealkylation sites (tertiary alicyclic amines) is 1. The topological polar surface area (TPSA) is 180 Å². The highest BCUT2D eigenvalue weighted by Crippen LogP contribution is 2.36. The third kappa shape index (κ3) is 8.75. The average molecular weight is 690 g/mol. The minimum Gasteiger partial charge on any atom is -0.384 e. The molecule has 50 heavy (non-hydrogen) atoms. The lowest BCUT2D eigenvalue weighted by molar-refractivity contribution is -0.136. The molecule has 1 unspecified atom stereocenters. The van der Waals surface area contributed by atoms with Crippen molar-refractivity contribution in [2.45, 2.75) is 89.8 Å². The summed E-state index contributed by atoms with van der Waals surface area (Å²) in [5.74, 6) is -0.819. The Morgan fingerprint density at radius 3 is 2.60 bits per heavy atom. The molecule has 3 heterocycles. The molecule has 0 radical (unpaired) electrons. The van der Waals surface area contributed by atoms with Crippen molar-refractivity contribution in [2.75, 3.05) is 39.1 Å². The van der Waals surface area contributed by atoms with Crippen molar-refractivity contribution in [1.29, 1.82) is 0 Å². The van der Waals surface area contributed by atoms with Gasteiger partial charge in [-0.15, -0.1) is 0 Å². The highest BCUT2D eigenvalue weighted by atomic mass is 16.5. The third-order valence-electron chi connectivity index (χ3n) is 9.76. The second-order valence-electron chi connectivity index (χ2n) is 13.9. The van der Waals surface area contributed by atoms with Gasteiger partial charge in [-0.3, -0.25) is 34.2 Å². The van der Waals surface area contributed by atoms with Gasteiger partial charge in [-0.05, 0) is 84.7 Å². The number of carbonyl (C=O) groups excluding carboxylic acids is 5. The Bertz CT molecular complexity index is 1720. The van der Waals surface area contributed by atoms with Gasteiger partial charge in [-0.25, -0.2) is 4.98 Å². The number of imide groups is 1. The van der Waals surface area contributed by atoms with E-state index in [1.165, 1.54) is 11.9 Å². The maximum Gasteiger partial charge on any atom is 0.257 e. The highest BCUT2D eigenvalue weighted by Gasteiger charge is 2.38. The zero-order chi connectivity index (χ0) is 36.6. The standard InChI is InChI=1S/C23H33N3O5.C14H18N4O/c1-5-6-14-31-23(2,3)12-13-24-17-9-7-8-16(15-27)20(17)22(30)26(4)18-10-11-19(28)25-21(18)29;1-14(7-4-8-18(14)2)13-16-10-6-3-5-9(12(15)19)11(10)17-13/h7-9,15,18,24H,5-6,10-14H2,1-4H3,(H,25,28,29);3,5-6H,4,7-8H2,1-2H3,(H2,15,19)(H,16,17)/t;14-/m.1/s1. The lowest BCUT2D eigenvalue weighted by Gasteiger charge is -2.31. The lowest BCUT2D eigenvalue weighted by atomic mass is 9.98. The van der Waals surface area contributed by atoms with Gasteiger partial charge in [0.05, 0.1) is 27.8 Å². The molecule has 13 nitrogen and oxygen atoms in total. The smallest absolute Gasteiger partial charge is 0.257 e. The predicted molar refractivity (Wildman–Crippen MR) is 192 cm³/mol. The number of ether oxygens (including phenoxy) is 1. The van der Waals surface area contributed by atoms with Gasteiger partial charge in [-0.1, -0.05) is 31.5 Å². The van der Waals surface area contributed by atoms with Crippen molar-refractivity contribution in [2.24, 2.45) is 5.73 Å². The van der Waals surface area contributed by atoms with Gasteiger partial charge in [0.1, 0.15) is 17.4 Å². The van der Waals surface area contributed by atoms with E-state index in [1.807, 2.05) is 26.0 Å². The second kappa shape index (κ2) is 16.4. The number of hydrogen-bond acceptors (Lipinski definition) is 9. The number of unbranched alkanes of at least 4 members (excludes halogenated alkanes) is 1. The van der Waals surface area contributed by atoms with Crippen LogP contribution in [-0.2, 0) is 19.9 Å². The van der Waals surface area contributed by atoms with Crippen LogP contribution in [0.15, 0.2) is 36.4 Å². The largest absolute Gasteiger partial charge is 0.384 e. The number of anilines is 1. The molecular formula is C37H51N7O6. The SMILES string of the molecule is CCCCOC(C)(C)CCNc1cccc(C=O)c1C(=O)N(C)C1CCC(=O)NC1=O.CN1CCC[C@]1(C)c1nc2c(C(N)=O)cccc2[nH]1. The van der Waals surface area contributed by atoms with E-state index in [-0.39, 0.29) is 41.0 Å². The molecule has 1 aromatic heterocycles. The van der Waals surface area contributed by atoms with Crippen LogP contribution in [0.1, 0.15) is 110 Å². The van der Waals surface area contributed by atoms with Crippen LogP contribution in [0, 0.1) is 0 Å². The fourth-order valence-electron chi connectivity index (χ4n) is 6.37. The maximum atomic E-state index is 13.2. The Morgan fingerprint density at radius 2 is 1.96 bits per heavy atom. The summed E-state index contributed by atoms with van der Waals surface area (Å²) in [4.78, 5) is 71.5. The molecule has 4 amide bonds. The van der Waals surface area contributed by atoms with E-state index < -0.39 is 23.8 Å². The van der Waals surface area contributed by atoms with Gasteiger partial charge >= 0.3 is 0 Å². The van der Waals surface area contributed by atoms with Gasteiger partial charge in [0, 0.05) is 37.9 Å². The molecule has 2 aliphatic heterocycles. The molecule has 0 aliphatic carbocycles. The number of amides is 4. The van der Waals surface area contributed by atoms with Crippen LogP contribution in [0.5, 0.6) is 0 Å². The van der Waals surface area contributed by atoms with E-state index in [4.69, 9.17) is 10.5 Å². The number of para-hydroxylation sites is 1. The fourth-order valence-corrected chi connectivity index (χ4v) is 6.37. The molecule has 0 saturated carbocycles. The quantitative estimate of drug-likeness (QED) is 0.115. The molecule has 13 heteroatoms. The molecule has 2 aromatic carbocycles. The molecule has 3 aromatic rings. The number of nitrogens with one attached hydrogen (secondary N) is 3. The second-order valence-corrected chi connectivity index (χ2v) is 13.9. The first-order valence-electron chi connectivity index (χ1n) is 17.3. The molecule has 2 atom stereocenters. The summed E-state index contributed by atoms with van der Waals surface area (Å²) < 4.78 is 5.93. The van der Waals surface area contributed by atoms with Crippen LogP contribution < -0.4 is 16.4 Å². The summed E-state index contributed by atoms with van der Waals surface area (Å²) in [6, 6.07) is 9.73. The Hall–Kier alpha value is -4.62. The van der Waals surface area contributed by atoms with Gasteiger partial charge in [-0.2, -0.15) is 0 Å². The molecule has 2 saturated heterocycles. The number of primary amides is 1. The number of nitrogens with zero attached hydrogens (tertiary/aromatic N) is 3. The first-order chi connectivity index (χ1) is 23.7. The normalized spacial score (nSPS) is 19.4. The number of imidazole rings is 1. The van der Waals surface area contributed by atoms with Crippen LogP contribution in [-0.4, -0.2) is 95.1 Å². The van der Waals surface area contributed by atoms with E-state index in [2.05, 4.69) is 46.4 Å². The summed E-state index contributed by atoms with van der Waals surface area (Å²) in [7, 11) is 3.62. The number of likely N-dealkylation sites (N-methyl/N-ethyl adjacent to an activating group) is 1. The maximum absolute atomic E-state index is 13.2. The Balaban J connectivity index is 0.000000250. The van der Waals surface area contributed by atoms with Crippen molar-refractivity contribution in [1.82, 2.24) is 25.1 Å². The summed E-state index contributed by atoms with van der Waals surface area (Å²) >= 11 is 0. The minimum atomic E-state index is -0.761. The van der Waals surface area contributed by atoms with E-state index in [1.54, 1.807) is 24.3 Å². The Labute approximate surface area is 293 Å². The highest BCUT2D eigenvalue weighted by molar-refractivity contribution is 6.09. The molecule has 270 valence electrons. The Kier molecular flexibility index (Phi) is 12.5. The van der Waals surface area contributed by atoms with Crippen molar-refractivity contribution in [3.05, 3.63) is 58.9 Å². The number of rotatable bonds is 13. The zero-order valence-electron chi connectivity index (χ0n) is 30.1. The monoisotopic (exact) mass is 689 g/mol. The van der Waals surface area contributed by atoms with Crippen molar-refractivity contribution < 1.29 is 28.7 Å². The van der Waals surface area contributed by atoms with Crippen LogP contribution in [0.3, 0.4) is 0 Å². The molecular weight excluding hydrogens is 638 g/mol. The van der Waals surface area contributed by atoms with E-state index in [9.17, 15) is 24.0 Å². The molecule has 0 bridgehead atoms. The number of H-pyrrole nitrogens is 1. The van der Waals surface area contributed by atoms with Crippen molar-refractivity contribution in [3.8, 4) is 0 Å². The first-order valence-corrected chi connectivity index (χ1v) is 17.3. The number of piperidine rings is 1. The van der Waals surface area contributed by atoms with Crippen molar-refractivity contribution >= 4 is 46.6 Å². The van der Waals surface area contributed by atoms with Crippen LogP contribution >= 0.6 is 0 Å². The molecule has 0 spiro atoms. The van der Waals surface area contributed by atoms with Crippen LogP contribution in [0.4, 0.5) is 5.69 Å². The third-order valence-corrected chi connectivity index (χ3v) is 9.76. The molecule has 5 N–H and O–H groups in total. The molecule has 2 aliphatic rings.